The van der Waals surface area contributed by atoms with Gasteiger partial charge in [-0.05, 0) is 12.1 Å². The van der Waals surface area contributed by atoms with Crippen LogP contribution in [-0.4, -0.2) is 16.3 Å². The van der Waals surface area contributed by atoms with Crippen LogP contribution in [0.5, 0.6) is 0 Å². The zero-order chi connectivity index (χ0) is 12.6. The number of benzene rings is 1. The van der Waals surface area contributed by atoms with E-state index in [1.807, 2.05) is 0 Å². The van der Waals surface area contributed by atoms with Crippen LogP contribution in [0.3, 0.4) is 0 Å². The maximum absolute atomic E-state index is 12.6. The first-order valence-corrected chi connectivity index (χ1v) is 4.49. The van der Waals surface area contributed by atoms with E-state index in [-0.39, 0.29) is 11.7 Å². The van der Waals surface area contributed by atoms with E-state index in [0.29, 0.717) is 0 Å². The van der Waals surface area contributed by atoms with Gasteiger partial charge in [0.15, 0.2) is 12.1 Å². The number of para-hydroxylation sites is 1. The molecule has 0 atom stereocenters. The van der Waals surface area contributed by atoms with Gasteiger partial charge in [0, 0.05) is 0 Å². The predicted octanol–water partition coefficient (Wildman–Crippen LogP) is 1.75. The maximum Gasteiger partial charge on any atom is 0.418 e. The Balaban J connectivity index is 2.93. The van der Waals surface area contributed by atoms with Gasteiger partial charge < -0.3 is 4.98 Å². The Bertz CT molecular complexity index is 646. The molecule has 0 saturated heterocycles. The third-order valence-corrected chi connectivity index (χ3v) is 2.17. The van der Waals surface area contributed by atoms with Gasteiger partial charge in [0.2, 0.25) is 0 Å². The standard InChI is InChI=1S/C10H5F3N2O2/c11-10(12,13)6-3-1-2-5-8(6)14-7(4-16)15-9(5)17/h1-4H,(H,14,15,17). The summed E-state index contributed by atoms with van der Waals surface area (Å²) in [4.78, 5) is 27.4. The molecule has 2 aromatic rings. The number of carbonyl (C=O) groups is 1. The first kappa shape index (κ1) is 11.3. The second-order valence-corrected chi connectivity index (χ2v) is 3.27. The Morgan fingerprint density at radius 1 is 1.29 bits per heavy atom. The van der Waals surface area contributed by atoms with Crippen LogP contribution < -0.4 is 5.56 Å². The molecule has 7 heteroatoms. The molecule has 0 amide bonds. The smallest absolute Gasteiger partial charge is 0.304 e. The number of nitrogens with one attached hydrogen (secondary N) is 1. The summed E-state index contributed by atoms with van der Waals surface area (Å²) in [5.74, 6) is -0.431. The van der Waals surface area contributed by atoms with Gasteiger partial charge in [-0.3, -0.25) is 9.59 Å². The number of hydrogen-bond donors (Lipinski definition) is 1. The van der Waals surface area contributed by atoms with Gasteiger partial charge in [-0.25, -0.2) is 4.98 Å². The Morgan fingerprint density at radius 3 is 2.59 bits per heavy atom. The van der Waals surface area contributed by atoms with E-state index >= 15 is 0 Å². The number of H-pyrrole nitrogens is 1. The summed E-state index contributed by atoms with van der Waals surface area (Å²) in [5, 5.41) is -0.203. The number of fused-ring (bicyclic) bond motifs is 1. The van der Waals surface area contributed by atoms with Crippen molar-refractivity contribution in [1.29, 1.82) is 0 Å². The number of rotatable bonds is 1. The highest BCUT2D eigenvalue weighted by Gasteiger charge is 2.33. The second-order valence-electron chi connectivity index (χ2n) is 3.27. The summed E-state index contributed by atoms with van der Waals surface area (Å²) in [6, 6.07) is 3.14. The van der Waals surface area contributed by atoms with Gasteiger partial charge in [-0.1, -0.05) is 6.07 Å². The van der Waals surface area contributed by atoms with Crippen LogP contribution in [-0.2, 0) is 6.18 Å². The third-order valence-electron chi connectivity index (χ3n) is 2.17. The van der Waals surface area contributed by atoms with Crippen LogP contribution in [0, 0.1) is 0 Å². The summed E-state index contributed by atoms with van der Waals surface area (Å²) in [6.45, 7) is 0. The third kappa shape index (κ3) is 1.91. The van der Waals surface area contributed by atoms with Gasteiger partial charge in [0.25, 0.3) is 5.56 Å². The van der Waals surface area contributed by atoms with E-state index in [1.165, 1.54) is 6.07 Å². The lowest BCUT2D eigenvalue weighted by molar-refractivity contribution is -0.136. The van der Waals surface area contributed by atoms with Crippen LogP contribution in [0.1, 0.15) is 16.2 Å². The highest BCUT2D eigenvalue weighted by Crippen LogP contribution is 2.32. The summed E-state index contributed by atoms with van der Waals surface area (Å²) in [5.41, 5.74) is -2.33. The molecule has 4 nitrogen and oxygen atoms in total. The largest absolute Gasteiger partial charge is 0.418 e. The fourth-order valence-corrected chi connectivity index (χ4v) is 1.46. The zero-order valence-electron chi connectivity index (χ0n) is 8.21. The monoisotopic (exact) mass is 242 g/mol. The van der Waals surface area contributed by atoms with Gasteiger partial charge >= 0.3 is 6.18 Å². The Hall–Kier alpha value is -2.18. The van der Waals surface area contributed by atoms with Crippen molar-refractivity contribution in [3.8, 4) is 0 Å². The minimum atomic E-state index is -4.62. The quantitative estimate of drug-likeness (QED) is 0.775. The lowest BCUT2D eigenvalue weighted by Crippen LogP contribution is -2.15. The normalized spacial score (nSPS) is 11.7. The van der Waals surface area contributed by atoms with E-state index in [0.717, 1.165) is 12.1 Å². The Labute approximate surface area is 92.1 Å². The Morgan fingerprint density at radius 2 is 2.00 bits per heavy atom. The maximum atomic E-state index is 12.6. The zero-order valence-corrected chi connectivity index (χ0v) is 8.21. The molecule has 0 aliphatic heterocycles. The van der Waals surface area contributed by atoms with E-state index < -0.39 is 28.6 Å². The number of nitrogens with zero attached hydrogens (tertiary/aromatic N) is 1. The van der Waals surface area contributed by atoms with Crippen molar-refractivity contribution >= 4 is 17.2 Å². The molecule has 1 heterocycles. The predicted molar refractivity (Wildman–Crippen MR) is 52.8 cm³/mol. The number of carbonyl (C=O) groups excluding carboxylic acids is 1. The molecule has 1 aromatic heterocycles. The number of aromatic nitrogens is 2. The van der Waals surface area contributed by atoms with Crippen LogP contribution in [0.4, 0.5) is 13.2 Å². The van der Waals surface area contributed by atoms with Crippen LogP contribution in [0.25, 0.3) is 10.9 Å². The summed E-state index contributed by atoms with van der Waals surface area (Å²) < 4.78 is 37.9. The van der Waals surface area contributed by atoms with Crippen molar-refractivity contribution in [1.82, 2.24) is 9.97 Å². The number of aromatic amines is 1. The van der Waals surface area contributed by atoms with Crippen molar-refractivity contribution in [3.05, 3.63) is 39.9 Å². The van der Waals surface area contributed by atoms with Crippen LogP contribution in [0.2, 0.25) is 0 Å². The number of alkyl halides is 3. The van der Waals surface area contributed by atoms with Gasteiger partial charge in [-0.15, -0.1) is 0 Å². The molecule has 0 aliphatic rings. The van der Waals surface area contributed by atoms with Crippen molar-refractivity contribution in [2.75, 3.05) is 0 Å². The Kier molecular flexibility index (Phi) is 2.45. The van der Waals surface area contributed by atoms with E-state index in [9.17, 15) is 22.8 Å². The average molecular weight is 242 g/mol. The van der Waals surface area contributed by atoms with E-state index in [4.69, 9.17) is 0 Å². The number of halogens is 3. The lowest BCUT2D eigenvalue weighted by atomic mass is 10.1. The van der Waals surface area contributed by atoms with E-state index in [2.05, 4.69) is 9.97 Å². The molecule has 0 bridgehead atoms. The minimum absolute atomic E-state index is 0.188. The molecular formula is C10H5F3N2O2. The topological polar surface area (TPSA) is 62.8 Å². The molecule has 2 rings (SSSR count). The van der Waals surface area contributed by atoms with Crippen molar-refractivity contribution < 1.29 is 18.0 Å². The number of hydrogen-bond acceptors (Lipinski definition) is 3. The fourth-order valence-electron chi connectivity index (χ4n) is 1.46. The van der Waals surface area contributed by atoms with E-state index in [1.54, 1.807) is 0 Å². The minimum Gasteiger partial charge on any atom is -0.304 e. The van der Waals surface area contributed by atoms with Crippen molar-refractivity contribution in [2.24, 2.45) is 0 Å². The molecule has 17 heavy (non-hydrogen) atoms. The van der Waals surface area contributed by atoms with Crippen LogP contribution >= 0.6 is 0 Å². The average Bonchev–Trinajstić information content (AvgIpc) is 2.26. The van der Waals surface area contributed by atoms with Gasteiger partial charge in [0.05, 0.1) is 16.5 Å². The second kappa shape index (κ2) is 3.69. The summed E-state index contributed by atoms with van der Waals surface area (Å²) >= 11 is 0. The highest BCUT2D eigenvalue weighted by molar-refractivity contribution is 5.84. The SMILES string of the molecule is O=Cc1nc2c(C(F)(F)F)cccc2c(=O)[nH]1. The first-order chi connectivity index (χ1) is 7.93. The first-order valence-electron chi connectivity index (χ1n) is 4.49. The molecule has 1 N–H and O–H groups in total. The molecule has 0 fully saturated rings. The molecule has 0 unspecified atom stereocenters. The van der Waals surface area contributed by atoms with Gasteiger partial charge in [-0.2, -0.15) is 13.2 Å². The molecular weight excluding hydrogens is 237 g/mol. The van der Waals surface area contributed by atoms with Gasteiger partial charge in [0.1, 0.15) is 0 Å². The molecule has 0 saturated carbocycles. The molecule has 0 aliphatic carbocycles. The molecule has 0 spiro atoms. The number of aldehydes is 1. The van der Waals surface area contributed by atoms with Crippen molar-refractivity contribution in [2.45, 2.75) is 6.18 Å². The molecule has 1 aromatic carbocycles. The molecule has 88 valence electrons. The van der Waals surface area contributed by atoms with Crippen molar-refractivity contribution in [3.63, 3.8) is 0 Å². The highest BCUT2D eigenvalue weighted by atomic mass is 19.4. The fraction of sp³-hybridized carbons (Fsp3) is 0.100. The molecule has 0 radical (unpaired) electrons. The summed E-state index contributed by atoms with van der Waals surface area (Å²) in [6.07, 6.45) is -4.44. The van der Waals surface area contributed by atoms with Crippen LogP contribution in [0.15, 0.2) is 23.0 Å². The summed E-state index contributed by atoms with van der Waals surface area (Å²) in [7, 11) is 0. The lowest BCUT2D eigenvalue weighted by Gasteiger charge is -2.08.